The van der Waals surface area contributed by atoms with Crippen LogP contribution in [0.3, 0.4) is 0 Å². The van der Waals surface area contributed by atoms with Gasteiger partial charge in [-0.2, -0.15) is 52.7 Å². The van der Waals surface area contributed by atoms with Crippen molar-refractivity contribution in [1.29, 1.82) is 0 Å². The molecular weight excluding hydrogens is 1180 g/mol. The van der Waals surface area contributed by atoms with E-state index in [4.69, 9.17) is 15.0 Å². The Labute approximate surface area is 503 Å². The highest BCUT2D eigenvalue weighted by Crippen LogP contribution is 2.48. The summed E-state index contributed by atoms with van der Waals surface area (Å²) in [5.41, 5.74) is 1.39. The second-order valence-corrected chi connectivity index (χ2v) is 21.4. The van der Waals surface area contributed by atoms with Crippen LogP contribution in [0.4, 0.5) is 52.7 Å². The summed E-state index contributed by atoms with van der Waals surface area (Å²) >= 11 is 0. The van der Waals surface area contributed by atoms with E-state index in [2.05, 4.69) is 4.98 Å². The Morgan fingerprint density at radius 3 is 1.20 bits per heavy atom. The third-order valence-corrected chi connectivity index (χ3v) is 16.0. The zero-order chi connectivity index (χ0) is 62.4. The lowest BCUT2D eigenvalue weighted by Crippen LogP contribution is -2.12. The van der Waals surface area contributed by atoms with Crippen LogP contribution in [0.15, 0.2) is 243 Å². The maximum atomic E-state index is 14.8. The first-order valence-electron chi connectivity index (χ1n) is 27.9. The Kier molecular flexibility index (Phi) is 13.6. The van der Waals surface area contributed by atoms with Crippen molar-refractivity contribution in [3.05, 3.63) is 265 Å². The summed E-state index contributed by atoms with van der Waals surface area (Å²) in [6.07, 6.45) is -17.1. The number of hydrogen-bond donors (Lipinski definition) is 0. The topological polar surface area (TPSA) is 61.4 Å². The second kappa shape index (κ2) is 21.5. The SMILES string of the molecule is FC(F)(F)c1ccc(-c2ccc3c(c2)c2ccccc2n3-c2ccc(-c3ccncc3)c(-c3cc(-c4nc(-c5ccccc5)nc(-c5ccccc5)n4)ccc3-n3c4ccccc4c4cc(-c5ccc(C(F)(F)F)cc5C(F)(F)F)ccc43)c2)c(C(F)(F)F)c1. The third-order valence-electron chi connectivity index (χ3n) is 16.0. The van der Waals surface area contributed by atoms with E-state index in [1.807, 2.05) is 143 Å². The highest BCUT2D eigenvalue weighted by atomic mass is 19.4. The average molecular weight is 1220 g/mol. The maximum Gasteiger partial charge on any atom is 0.417 e. The number of hydrogen-bond acceptors (Lipinski definition) is 4. The highest BCUT2D eigenvalue weighted by molar-refractivity contribution is 6.12. The van der Waals surface area contributed by atoms with E-state index in [0.717, 1.165) is 17.7 Å². The van der Waals surface area contributed by atoms with E-state index >= 15 is 0 Å². The Hall–Kier alpha value is -10.9. The van der Waals surface area contributed by atoms with E-state index < -0.39 is 58.1 Å². The molecule has 0 aliphatic carbocycles. The molecule has 0 fully saturated rings. The van der Waals surface area contributed by atoms with Gasteiger partial charge in [0.15, 0.2) is 17.5 Å². The number of para-hydroxylation sites is 2. The van der Waals surface area contributed by atoms with E-state index in [-0.39, 0.29) is 23.3 Å². The maximum absolute atomic E-state index is 14.8. The van der Waals surface area contributed by atoms with Crippen LogP contribution in [0.25, 0.3) is 134 Å². The quantitative estimate of drug-likeness (QED) is 0.135. The number of rotatable bonds is 9. The summed E-state index contributed by atoms with van der Waals surface area (Å²) in [5, 5.41) is 2.21. The predicted molar refractivity (Wildman–Crippen MR) is 324 cm³/mol. The van der Waals surface area contributed by atoms with Gasteiger partial charge in [0.1, 0.15) is 0 Å². The lowest BCUT2D eigenvalue weighted by molar-refractivity contribution is -0.144. The minimum atomic E-state index is -5.15. The summed E-state index contributed by atoms with van der Waals surface area (Å²) in [7, 11) is 0. The largest absolute Gasteiger partial charge is 0.417 e. The first-order valence-corrected chi connectivity index (χ1v) is 27.9. The molecule has 0 aliphatic heterocycles. The van der Waals surface area contributed by atoms with Crippen molar-refractivity contribution in [3.8, 4) is 90.0 Å². The van der Waals surface area contributed by atoms with Crippen LogP contribution in [0, 0.1) is 0 Å². The van der Waals surface area contributed by atoms with E-state index in [1.54, 1.807) is 54.9 Å². The van der Waals surface area contributed by atoms with Gasteiger partial charge in [0, 0.05) is 61.9 Å². The minimum Gasteiger partial charge on any atom is -0.309 e. The molecule has 14 rings (SSSR count). The number of halogens is 12. The van der Waals surface area contributed by atoms with Crippen LogP contribution >= 0.6 is 0 Å². The molecule has 14 aromatic rings. The van der Waals surface area contributed by atoms with Gasteiger partial charge in [0.05, 0.1) is 50.0 Å². The molecule has 0 saturated heterocycles. The number of benzene rings is 10. The number of pyridine rings is 1. The molecule has 4 heterocycles. The summed E-state index contributed by atoms with van der Waals surface area (Å²) in [6, 6.07) is 60.8. The Morgan fingerprint density at radius 1 is 0.267 bits per heavy atom. The minimum absolute atomic E-state index is 0.0198. The van der Waals surface area contributed by atoms with Crippen LogP contribution < -0.4 is 0 Å². The monoisotopic (exact) mass is 1220 g/mol. The van der Waals surface area contributed by atoms with Crippen molar-refractivity contribution in [2.45, 2.75) is 24.7 Å². The number of nitrogens with zero attached hydrogens (tertiary/aromatic N) is 6. The summed E-state index contributed by atoms with van der Waals surface area (Å²) < 4.78 is 176. The van der Waals surface area contributed by atoms with E-state index in [0.29, 0.717) is 118 Å². The van der Waals surface area contributed by atoms with Gasteiger partial charge in [-0.25, -0.2) is 15.0 Å². The normalized spacial score (nSPS) is 12.4. The third kappa shape index (κ3) is 10.2. The van der Waals surface area contributed by atoms with Gasteiger partial charge in [-0.15, -0.1) is 0 Å². The molecule has 442 valence electrons. The summed E-state index contributed by atoms with van der Waals surface area (Å²) in [6.45, 7) is 0. The van der Waals surface area contributed by atoms with Crippen molar-refractivity contribution in [1.82, 2.24) is 29.1 Å². The van der Waals surface area contributed by atoms with Crippen molar-refractivity contribution < 1.29 is 52.7 Å². The van der Waals surface area contributed by atoms with Gasteiger partial charge in [-0.1, -0.05) is 127 Å². The van der Waals surface area contributed by atoms with Crippen LogP contribution in [-0.4, -0.2) is 29.1 Å². The van der Waals surface area contributed by atoms with Crippen molar-refractivity contribution in [2.75, 3.05) is 0 Å². The molecule has 4 aromatic heterocycles. The molecule has 0 bridgehead atoms. The van der Waals surface area contributed by atoms with Crippen molar-refractivity contribution >= 4 is 43.6 Å². The van der Waals surface area contributed by atoms with Crippen LogP contribution in [0.5, 0.6) is 0 Å². The molecular formula is C72H40F12N6. The summed E-state index contributed by atoms with van der Waals surface area (Å²) in [5.74, 6) is 1.06. The molecule has 0 radical (unpaired) electrons. The van der Waals surface area contributed by atoms with Gasteiger partial charge in [0.2, 0.25) is 0 Å². The molecule has 0 atom stereocenters. The smallest absolute Gasteiger partial charge is 0.309 e. The van der Waals surface area contributed by atoms with Crippen molar-refractivity contribution in [3.63, 3.8) is 0 Å². The molecule has 18 heteroatoms. The Morgan fingerprint density at radius 2 is 0.700 bits per heavy atom. The highest BCUT2D eigenvalue weighted by Gasteiger charge is 2.40. The molecule has 90 heavy (non-hydrogen) atoms. The molecule has 6 nitrogen and oxygen atoms in total. The van der Waals surface area contributed by atoms with E-state index in [9.17, 15) is 52.7 Å². The molecule has 0 N–H and O–H groups in total. The fourth-order valence-electron chi connectivity index (χ4n) is 11.9. The molecule has 0 aliphatic rings. The fraction of sp³-hybridized carbons (Fsp3) is 0.0556. The molecule has 0 saturated carbocycles. The average Bonchev–Trinajstić information content (AvgIpc) is 1.55. The number of fused-ring (bicyclic) bond motifs is 6. The Bertz CT molecular complexity index is 5070. The fourth-order valence-corrected chi connectivity index (χ4v) is 11.9. The Balaban J connectivity index is 1.04. The first-order chi connectivity index (χ1) is 43.2. The predicted octanol–water partition coefficient (Wildman–Crippen LogP) is 21.2. The molecule has 10 aromatic carbocycles. The van der Waals surface area contributed by atoms with Crippen molar-refractivity contribution in [2.24, 2.45) is 0 Å². The van der Waals surface area contributed by atoms with Crippen LogP contribution in [-0.2, 0) is 24.7 Å². The zero-order valence-electron chi connectivity index (χ0n) is 46.3. The standard InChI is InChI=1S/C72H40F12N6/c73-69(74,75)47-22-25-51(59(38-47)71(79,80)81)44-19-28-63-56(35-44)53-15-7-9-17-61(53)89(63)49-24-27-50(41-31-33-85-34-32-41)55(40-49)58-37-46(68-87-66(42-11-3-1-4-12-42)86-67(88-68)43-13-5-2-6-14-43)21-30-65(58)90-62-18-10-8-16-54(62)57-36-45(20-29-64(57)90)52-26-23-48(70(76,77)78)39-60(52)72(82,83)84/h1-40H. The van der Waals surface area contributed by atoms with Gasteiger partial charge in [0.25, 0.3) is 0 Å². The zero-order valence-corrected chi connectivity index (χ0v) is 46.3. The lowest BCUT2D eigenvalue weighted by Gasteiger charge is -2.20. The van der Waals surface area contributed by atoms with Gasteiger partial charge < -0.3 is 9.13 Å². The van der Waals surface area contributed by atoms with Crippen LogP contribution in [0.1, 0.15) is 22.3 Å². The van der Waals surface area contributed by atoms with Gasteiger partial charge >= 0.3 is 24.7 Å². The van der Waals surface area contributed by atoms with Gasteiger partial charge in [-0.05, 0) is 142 Å². The van der Waals surface area contributed by atoms with E-state index in [1.165, 1.54) is 18.2 Å². The second-order valence-electron chi connectivity index (χ2n) is 21.4. The number of alkyl halides is 12. The molecule has 0 spiro atoms. The molecule has 0 amide bonds. The van der Waals surface area contributed by atoms with Gasteiger partial charge in [-0.3, -0.25) is 4.98 Å². The lowest BCUT2D eigenvalue weighted by atomic mass is 9.91. The summed E-state index contributed by atoms with van der Waals surface area (Å²) in [4.78, 5) is 19.4. The molecule has 0 unspecified atom stereocenters. The number of aromatic nitrogens is 6. The first kappa shape index (κ1) is 56.9. The van der Waals surface area contributed by atoms with Crippen LogP contribution in [0.2, 0.25) is 0 Å².